The van der Waals surface area contributed by atoms with Gasteiger partial charge in [-0.15, -0.1) is 29.1 Å². The quantitative estimate of drug-likeness (QED) is 0.118. The van der Waals surface area contributed by atoms with Crippen LogP contribution >= 0.6 is 0 Å². The fourth-order valence-corrected chi connectivity index (χ4v) is 9.75. The van der Waals surface area contributed by atoms with Crippen LogP contribution in [0.1, 0.15) is 105 Å². The number of nitrogens with zero attached hydrogens (tertiary/aromatic N) is 4. The zero-order valence-electron chi connectivity index (χ0n) is 43.1. The van der Waals surface area contributed by atoms with E-state index >= 15 is 0 Å². The maximum Gasteiger partial charge on any atom is 2.00 e. The zero-order chi connectivity index (χ0) is 50.4. The van der Waals surface area contributed by atoms with Gasteiger partial charge in [0.05, 0.1) is 5.56 Å². The molecule has 10 rings (SSSR count). The van der Waals surface area contributed by atoms with Gasteiger partial charge in [0, 0.05) is 47.5 Å². The van der Waals surface area contributed by atoms with Crippen molar-refractivity contribution in [3.8, 4) is 39.6 Å². The van der Waals surface area contributed by atoms with Gasteiger partial charge in [0.25, 0.3) is 11.4 Å². The number of benzene rings is 7. The van der Waals surface area contributed by atoms with Crippen LogP contribution in [0.25, 0.3) is 49.9 Å². The van der Waals surface area contributed by atoms with Gasteiger partial charge in [0.15, 0.2) is 0 Å². The number of hydrogen-bond acceptors (Lipinski definition) is 2. The van der Waals surface area contributed by atoms with E-state index in [1.807, 2.05) is 63.9 Å². The molecule has 0 saturated heterocycles. The molecule has 0 unspecified atom stereocenters. The molecular weight excluding hydrogens is 1070 g/mol. The Labute approximate surface area is 437 Å². The normalized spacial score (nSPS) is 13.0. The van der Waals surface area contributed by atoms with E-state index in [-0.39, 0.29) is 42.7 Å². The van der Waals surface area contributed by atoms with Crippen LogP contribution in [0.4, 0.5) is 31.5 Å². The summed E-state index contributed by atoms with van der Waals surface area (Å²) in [5.74, 6) is 0.541. The summed E-state index contributed by atoms with van der Waals surface area (Å²) < 4.78 is 42.7. The van der Waals surface area contributed by atoms with Gasteiger partial charge in [0.1, 0.15) is 23.1 Å². The van der Waals surface area contributed by atoms with Gasteiger partial charge in [0.2, 0.25) is 5.69 Å². The third-order valence-electron chi connectivity index (χ3n) is 13.5. The van der Waals surface area contributed by atoms with Crippen LogP contribution in [0, 0.1) is 23.8 Å². The smallest absolute Gasteiger partial charge is 0.509 e. The zero-order valence-corrected chi connectivity index (χ0v) is 45.4. The predicted molar refractivity (Wildman–Crippen MR) is 289 cm³/mol. The van der Waals surface area contributed by atoms with Gasteiger partial charge in [-0.3, -0.25) is 0 Å². The minimum Gasteiger partial charge on any atom is -0.509 e. The summed E-state index contributed by atoms with van der Waals surface area (Å²) in [6.45, 7) is 27.2. The fraction of sp³-hybridized carbons (Fsp3) is 0.250. The van der Waals surface area contributed by atoms with Crippen LogP contribution < -0.4 is 13.9 Å². The van der Waals surface area contributed by atoms with Crippen molar-refractivity contribution in [3.05, 3.63) is 192 Å². The minimum absolute atomic E-state index is 0. The van der Waals surface area contributed by atoms with E-state index in [0.717, 1.165) is 56.2 Å². The summed E-state index contributed by atoms with van der Waals surface area (Å²) in [5, 5.41) is 2.14. The first kappa shape index (κ1) is 50.2. The molecule has 9 aromatic rings. The van der Waals surface area contributed by atoms with Gasteiger partial charge in [-0.05, 0) is 101 Å². The molecule has 0 aliphatic carbocycles. The summed E-state index contributed by atoms with van der Waals surface area (Å²) in [6, 6.07) is 56.2. The maximum atomic E-state index is 14.8. The van der Waals surface area contributed by atoms with Gasteiger partial charge >= 0.3 is 27.1 Å². The molecule has 0 saturated carbocycles. The average molecular weight is 1130 g/mol. The first-order valence-corrected chi connectivity index (χ1v) is 24.4. The largest absolute Gasteiger partial charge is 2.00 e. The van der Waals surface area contributed by atoms with Crippen molar-refractivity contribution in [1.82, 2.24) is 18.7 Å². The average Bonchev–Trinajstić information content (AvgIpc) is 3.86. The van der Waals surface area contributed by atoms with Gasteiger partial charge < -0.3 is 9.30 Å². The number of para-hydroxylation sites is 4. The van der Waals surface area contributed by atoms with Crippen LogP contribution in [0.2, 0.25) is 0 Å². The Morgan fingerprint density at radius 1 is 0.528 bits per heavy atom. The summed E-state index contributed by atoms with van der Waals surface area (Å²) in [6.07, 6.45) is 1.89. The molecule has 3 heterocycles. The topological polar surface area (TPSA) is 33.1 Å². The van der Waals surface area contributed by atoms with E-state index in [9.17, 15) is 8.78 Å². The molecule has 0 fully saturated rings. The molecule has 72 heavy (non-hydrogen) atoms. The predicted octanol–water partition coefficient (Wildman–Crippen LogP) is 17.2. The van der Waals surface area contributed by atoms with E-state index in [0.29, 0.717) is 34.0 Å². The number of pyridine rings is 1. The Hall–Kier alpha value is -6.78. The third kappa shape index (κ3) is 9.42. The first-order chi connectivity index (χ1) is 33.5. The van der Waals surface area contributed by atoms with Crippen molar-refractivity contribution in [3.63, 3.8) is 0 Å². The van der Waals surface area contributed by atoms with Crippen molar-refractivity contribution in [2.75, 3.05) is 0 Å². The number of aromatic nitrogens is 2. The van der Waals surface area contributed by atoms with Gasteiger partial charge in [-0.1, -0.05) is 160 Å². The van der Waals surface area contributed by atoms with Crippen molar-refractivity contribution >= 4 is 50.6 Å². The van der Waals surface area contributed by atoms with Crippen LogP contribution in [0.15, 0.2) is 146 Å². The third-order valence-corrected chi connectivity index (χ3v) is 13.5. The van der Waals surface area contributed by atoms with E-state index in [4.69, 9.17) is 9.72 Å². The second kappa shape index (κ2) is 18.4. The van der Waals surface area contributed by atoms with Crippen molar-refractivity contribution in [2.45, 2.75) is 105 Å². The molecule has 0 spiro atoms. The monoisotopic (exact) mass is 1130 g/mol. The molecular formula is C64H60F2N4OPt+2. The Bertz CT molecular complexity index is 3630. The van der Waals surface area contributed by atoms with E-state index in [1.54, 1.807) is 0 Å². The van der Waals surface area contributed by atoms with Gasteiger partial charge in [-0.25, -0.2) is 13.8 Å². The molecule has 364 valence electrons. The number of hydrogen-bond donors (Lipinski definition) is 0. The Morgan fingerprint density at radius 3 is 1.76 bits per heavy atom. The fourth-order valence-electron chi connectivity index (χ4n) is 9.75. The minimum atomic E-state index is -0.644. The van der Waals surface area contributed by atoms with Crippen molar-refractivity contribution < 1.29 is 34.6 Å². The van der Waals surface area contributed by atoms with E-state index in [1.165, 1.54) is 34.4 Å². The van der Waals surface area contributed by atoms with Crippen LogP contribution in [-0.2, 0) is 42.7 Å². The molecule has 2 aromatic heterocycles. The molecule has 5 nitrogen and oxygen atoms in total. The summed E-state index contributed by atoms with van der Waals surface area (Å²) in [5.41, 5.74) is 12.4. The number of ether oxygens (including phenoxy) is 1. The molecule has 0 radical (unpaired) electrons. The molecule has 0 amide bonds. The molecule has 0 bridgehead atoms. The Balaban J connectivity index is 0.00000640. The molecule has 0 N–H and O–H groups in total. The standard InChI is InChI=1S/C64H60F2N4O.Pt/c1-61(2,3)42-27-28-67-59(35-42)70-55-22-16-14-20-50(55)51-26-25-47(38-58(51)70)71-48-32-41(60-52(63(7,8)9)33-43(62(4,5)6)34-53(60)64(10,11)12)31-46(37-48)68-39-69(57-24-18-17-23-56(57)68)54-21-15-13-19-49(54)40-29-44(65)36-45(66)30-40;/h13-36H,1-12H3;/q;+2. The molecule has 8 heteroatoms. The summed E-state index contributed by atoms with van der Waals surface area (Å²) >= 11 is 0. The molecule has 0 atom stereocenters. The van der Waals surface area contributed by atoms with Gasteiger partial charge in [-0.2, -0.15) is 6.07 Å². The molecule has 1 aliphatic rings. The number of halogens is 2. The first-order valence-electron chi connectivity index (χ1n) is 24.4. The van der Waals surface area contributed by atoms with Crippen molar-refractivity contribution in [1.29, 1.82) is 0 Å². The van der Waals surface area contributed by atoms with Crippen molar-refractivity contribution in [2.24, 2.45) is 0 Å². The number of fused-ring (bicyclic) bond motifs is 4. The number of rotatable bonds is 7. The summed E-state index contributed by atoms with van der Waals surface area (Å²) in [7, 11) is 0. The van der Waals surface area contributed by atoms with Crippen LogP contribution in [0.5, 0.6) is 11.5 Å². The summed E-state index contributed by atoms with van der Waals surface area (Å²) in [4.78, 5) is 4.91. The van der Waals surface area contributed by atoms with Crippen LogP contribution in [0.3, 0.4) is 0 Å². The SMILES string of the molecule is CC(C)(C)c1ccnc(-n2c3[c-]c(Oc4[c-]c([N+]5=C=[N+](c6ccccc6-c6cc(F)cc(F)c6)c6ccccc65)cc(-c5c(C(C)(C)C)cc(C(C)(C)C)cc5C(C)(C)C)c4)ccc3c3ccccc32)c1.[Pt+2]. The second-order valence-corrected chi connectivity index (χ2v) is 22.9. The van der Waals surface area contributed by atoms with E-state index in [2.05, 4.69) is 179 Å². The van der Waals surface area contributed by atoms with E-state index < -0.39 is 11.6 Å². The van der Waals surface area contributed by atoms with Crippen LogP contribution in [-0.4, -0.2) is 15.6 Å². The Morgan fingerprint density at radius 2 is 1.12 bits per heavy atom. The second-order valence-electron chi connectivity index (χ2n) is 22.9. The molecule has 1 aliphatic heterocycles. The Kier molecular flexibility index (Phi) is 12.8. The maximum absolute atomic E-state index is 14.8. The molecule has 7 aromatic carbocycles.